The van der Waals surface area contributed by atoms with Gasteiger partial charge in [0.2, 0.25) is 11.8 Å². The Bertz CT molecular complexity index is 2090. The molecule has 1 saturated carbocycles. The van der Waals surface area contributed by atoms with Crippen LogP contribution >= 0.6 is 0 Å². The highest BCUT2D eigenvalue weighted by Gasteiger charge is 2.70. The number of ether oxygens (including phenoxy) is 1. The minimum Gasteiger partial charge on any atom is -0.508 e. The summed E-state index contributed by atoms with van der Waals surface area (Å²) in [4.78, 5) is 60.0. The van der Waals surface area contributed by atoms with Crippen LogP contribution in [0.5, 0.6) is 11.5 Å². The van der Waals surface area contributed by atoms with E-state index in [1.807, 2.05) is 98.8 Å². The molecule has 258 valence electrons. The zero-order valence-corrected chi connectivity index (χ0v) is 28.7. The number of nitrogens with one attached hydrogen (secondary N) is 1. The fraction of sp³-hybridized carbons (Fsp3) is 0.286. The van der Waals surface area contributed by atoms with Crippen molar-refractivity contribution in [2.24, 2.45) is 23.7 Å². The number of carbonyl (C=O) groups excluding carboxylic acids is 4. The first-order valence-corrected chi connectivity index (χ1v) is 17.5. The van der Waals surface area contributed by atoms with Crippen molar-refractivity contribution in [3.8, 4) is 11.5 Å². The molecule has 6 atom stereocenters. The number of methoxy groups -OCH3 is 1. The molecule has 2 heterocycles. The van der Waals surface area contributed by atoms with E-state index in [9.17, 15) is 19.5 Å². The molecule has 9 nitrogen and oxygen atoms in total. The zero-order chi connectivity index (χ0) is 35.6. The number of carbonyl (C=O) groups is 4. The maximum absolute atomic E-state index is 15.3. The number of hydrogen-bond acceptors (Lipinski definition) is 7. The Morgan fingerprint density at radius 3 is 2.27 bits per heavy atom. The number of phenolic OH excluding ortho intramolecular Hbond substituents is 1. The van der Waals surface area contributed by atoms with Crippen molar-refractivity contribution < 1.29 is 29.0 Å². The van der Waals surface area contributed by atoms with E-state index in [0.717, 1.165) is 28.1 Å². The van der Waals surface area contributed by atoms with Crippen LogP contribution < -0.4 is 15.1 Å². The van der Waals surface area contributed by atoms with Gasteiger partial charge in [-0.25, -0.2) is 0 Å². The molecule has 0 bridgehead atoms. The van der Waals surface area contributed by atoms with Crippen molar-refractivity contribution in [3.05, 3.63) is 131 Å². The summed E-state index contributed by atoms with van der Waals surface area (Å²) < 4.78 is 5.86. The second-order valence-electron chi connectivity index (χ2n) is 14.0. The molecule has 0 radical (unpaired) electrons. The number of anilines is 2. The number of fused-ring (bicyclic) bond motifs is 4. The van der Waals surface area contributed by atoms with Crippen molar-refractivity contribution in [2.75, 3.05) is 17.4 Å². The number of aromatic hydroxyl groups is 1. The molecule has 4 aromatic carbocycles. The number of hydrogen-bond donors (Lipinski definition) is 2. The van der Waals surface area contributed by atoms with E-state index in [4.69, 9.17) is 4.74 Å². The number of benzene rings is 4. The van der Waals surface area contributed by atoms with Gasteiger partial charge in [0.25, 0.3) is 11.8 Å². The number of phenols is 1. The minimum absolute atomic E-state index is 0.0104. The number of nitrogens with zero attached hydrogens (tertiary/aromatic N) is 2. The van der Waals surface area contributed by atoms with Crippen LogP contribution in [0.3, 0.4) is 0 Å². The Morgan fingerprint density at radius 2 is 1.59 bits per heavy atom. The summed E-state index contributed by atoms with van der Waals surface area (Å²) in [6, 6.07) is 29.1. The third kappa shape index (κ3) is 4.82. The van der Waals surface area contributed by atoms with Crippen LogP contribution in [-0.4, -0.2) is 40.9 Å². The van der Waals surface area contributed by atoms with E-state index in [-0.39, 0.29) is 24.0 Å². The van der Waals surface area contributed by atoms with Crippen molar-refractivity contribution in [1.29, 1.82) is 0 Å². The molecule has 0 aromatic heterocycles. The smallest absolute Gasteiger partial charge is 0.260 e. The normalized spacial score (nSPS) is 26.8. The summed E-state index contributed by atoms with van der Waals surface area (Å²) in [6.45, 7) is 4.01. The largest absolute Gasteiger partial charge is 0.508 e. The Kier molecular flexibility index (Phi) is 7.81. The average molecular weight is 682 g/mol. The SMILES string of the molecule is CCc1ccc(N2C(=O)[C@H]3[C@H](CC=C4[C@H]3C[C@H]3C(=O)N(Nc5ccc(C)cc5)C(=O)[C@@]3(c3ccccc3)[C@H]4c3ccc(O)cc3OC)C2=O)cc1. The number of imide groups is 2. The molecule has 3 fully saturated rings. The molecule has 9 heteroatoms. The first-order chi connectivity index (χ1) is 24.7. The highest BCUT2D eigenvalue weighted by atomic mass is 16.5. The van der Waals surface area contributed by atoms with E-state index in [1.54, 1.807) is 12.1 Å². The molecule has 2 N–H and O–H groups in total. The summed E-state index contributed by atoms with van der Waals surface area (Å²) >= 11 is 0. The predicted octanol–water partition coefficient (Wildman–Crippen LogP) is 6.46. The van der Waals surface area contributed by atoms with Gasteiger partial charge in [-0.15, -0.1) is 0 Å². The van der Waals surface area contributed by atoms with Gasteiger partial charge in [-0.3, -0.25) is 29.5 Å². The second-order valence-corrected chi connectivity index (χ2v) is 14.0. The van der Waals surface area contributed by atoms with Gasteiger partial charge in [0.05, 0.1) is 41.7 Å². The topological polar surface area (TPSA) is 116 Å². The quantitative estimate of drug-likeness (QED) is 0.170. The van der Waals surface area contributed by atoms with Gasteiger partial charge in [-0.05, 0) is 73.6 Å². The lowest BCUT2D eigenvalue weighted by atomic mass is 9.49. The maximum atomic E-state index is 15.3. The van der Waals surface area contributed by atoms with E-state index < -0.39 is 46.8 Å². The van der Waals surface area contributed by atoms with E-state index in [0.29, 0.717) is 34.7 Å². The Labute approximate surface area is 296 Å². The first kappa shape index (κ1) is 32.5. The molecule has 0 spiro atoms. The first-order valence-electron chi connectivity index (χ1n) is 17.5. The third-order valence-corrected chi connectivity index (χ3v) is 11.5. The standard InChI is InChI=1S/C42H39N3O6/c1-4-25-12-16-28(17-13-25)44-38(47)32-21-20-30-33(36(32)40(44)49)23-34-39(48)45(43-27-14-10-24(2)11-15-27)41(50)42(34,26-8-6-5-7-9-26)37(30)31-19-18-29(46)22-35(31)51-3/h5-20,22,32-34,36-37,43,46H,4,21,23H2,1-3H3/t32-,33+,34-,36-,37+,42+/m0/s1. The number of rotatable bonds is 7. The van der Waals surface area contributed by atoms with Gasteiger partial charge in [-0.2, -0.15) is 5.01 Å². The van der Waals surface area contributed by atoms with Crippen molar-refractivity contribution in [1.82, 2.24) is 5.01 Å². The lowest BCUT2D eigenvalue weighted by Gasteiger charge is -2.50. The molecular weight excluding hydrogens is 642 g/mol. The maximum Gasteiger partial charge on any atom is 0.260 e. The molecule has 51 heavy (non-hydrogen) atoms. The fourth-order valence-corrected chi connectivity index (χ4v) is 9.17. The van der Waals surface area contributed by atoms with Crippen LogP contribution in [0.1, 0.15) is 47.9 Å². The zero-order valence-electron chi connectivity index (χ0n) is 28.7. The number of aryl methyl sites for hydroxylation is 2. The third-order valence-electron chi connectivity index (χ3n) is 11.5. The molecule has 2 saturated heterocycles. The number of allylic oxidation sites excluding steroid dienone is 2. The Balaban J connectivity index is 1.32. The van der Waals surface area contributed by atoms with Crippen LogP contribution in [0, 0.1) is 30.6 Å². The average Bonchev–Trinajstić information content (AvgIpc) is 3.53. The lowest BCUT2D eigenvalue weighted by molar-refractivity contribution is -0.138. The van der Waals surface area contributed by atoms with Crippen molar-refractivity contribution in [3.63, 3.8) is 0 Å². The minimum atomic E-state index is -1.43. The van der Waals surface area contributed by atoms with Crippen molar-refractivity contribution >= 4 is 35.0 Å². The number of hydrazine groups is 1. The summed E-state index contributed by atoms with van der Waals surface area (Å²) in [6.07, 6.45) is 3.35. The second kappa shape index (κ2) is 12.3. The van der Waals surface area contributed by atoms with E-state index in [2.05, 4.69) is 5.43 Å². The van der Waals surface area contributed by atoms with Crippen LogP contribution in [-0.2, 0) is 31.0 Å². The molecule has 2 aliphatic carbocycles. The Morgan fingerprint density at radius 1 is 0.863 bits per heavy atom. The van der Waals surface area contributed by atoms with Crippen molar-refractivity contribution in [2.45, 2.75) is 44.4 Å². The summed E-state index contributed by atoms with van der Waals surface area (Å²) in [7, 11) is 1.50. The van der Waals surface area contributed by atoms with Gasteiger partial charge >= 0.3 is 0 Å². The van der Waals surface area contributed by atoms with Gasteiger partial charge in [0.1, 0.15) is 11.5 Å². The number of amides is 4. The molecule has 0 unspecified atom stereocenters. The highest BCUT2D eigenvalue weighted by Crippen LogP contribution is 2.65. The molecule has 4 aliphatic rings. The molecule has 4 amide bonds. The van der Waals surface area contributed by atoms with Crippen LogP contribution in [0.25, 0.3) is 0 Å². The molecule has 8 rings (SSSR count). The van der Waals surface area contributed by atoms with E-state index >= 15 is 4.79 Å². The molecular formula is C42H39N3O6. The van der Waals surface area contributed by atoms with Crippen LogP contribution in [0.15, 0.2) is 109 Å². The van der Waals surface area contributed by atoms with Crippen LogP contribution in [0.2, 0.25) is 0 Å². The van der Waals surface area contributed by atoms with Gasteiger partial charge < -0.3 is 9.84 Å². The summed E-state index contributed by atoms with van der Waals surface area (Å²) in [5, 5.41) is 11.7. The Hall–Kier alpha value is -5.70. The fourth-order valence-electron chi connectivity index (χ4n) is 9.17. The lowest BCUT2D eigenvalue weighted by Crippen LogP contribution is -2.53. The predicted molar refractivity (Wildman–Crippen MR) is 192 cm³/mol. The highest BCUT2D eigenvalue weighted by molar-refractivity contribution is 6.22. The van der Waals surface area contributed by atoms with E-state index in [1.165, 1.54) is 18.1 Å². The molecule has 2 aliphatic heterocycles. The monoisotopic (exact) mass is 681 g/mol. The van der Waals surface area contributed by atoms with Gasteiger partial charge in [-0.1, -0.05) is 84.8 Å². The van der Waals surface area contributed by atoms with Crippen LogP contribution in [0.4, 0.5) is 11.4 Å². The molecule has 4 aromatic rings. The summed E-state index contributed by atoms with van der Waals surface area (Å²) in [5.41, 5.74) is 7.03. The van der Waals surface area contributed by atoms with Gasteiger partial charge in [0, 0.05) is 17.5 Å². The van der Waals surface area contributed by atoms with Gasteiger partial charge in [0.15, 0.2) is 0 Å². The summed E-state index contributed by atoms with van der Waals surface area (Å²) in [5.74, 6) is -4.51.